The lowest BCUT2D eigenvalue weighted by Gasteiger charge is -2.25. The summed E-state index contributed by atoms with van der Waals surface area (Å²) in [6.07, 6.45) is 3.74. The van der Waals surface area contributed by atoms with Gasteiger partial charge in [-0.1, -0.05) is 42.8 Å². The third-order valence-electron chi connectivity index (χ3n) is 5.27. The molecule has 0 amide bonds. The zero-order chi connectivity index (χ0) is 18.6. The van der Waals surface area contributed by atoms with Crippen molar-refractivity contribution in [2.75, 3.05) is 26.2 Å². The Balaban J connectivity index is 1.55. The predicted molar refractivity (Wildman–Crippen MR) is 108 cm³/mol. The normalized spacial score (nSPS) is 15.1. The molecule has 1 saturated heterocycles. The number of carbonyl (C=O) groups excluding carboxylic acids is 1. The van der Waals surface area contributed by atoms with Crippen LogP contribution in [0.15, 0.2) is 59.4 Å². The number of piperidine rings is 1. The minimum atomic E-state index is -0.336. The zero-order valence-corrected chi connectivity index (χ0v) is 15.3. The largest absolute Gasteiger partial charge is 0.461 e. The summed E-state index contributed by atoms with van der Waals surface area (Å²) < 4.78 is 5.45. The average molecular weight is 361 g/mol. The lowest BCUT2D eigenvalue weighted by atomic mass is 10.1. The second-order valence-corrected chi connectivity index (χ2v) is 7.09. The smallest absolute Gasteiger partial charge is 0.338 e. The van der Waals surface area contributed by atoms with Gasteiger partial charge < -0.3 is 4.74 Å². The van der Waals surface area contributed by atoms with Crippen molar-refractivity contribution >= 4 is 27.5 Å². The minimum Gasteiger partial charge on any atom is -0.461 e. The van der Waals surface area contributed by atoms with E-state index in [9.17, 15) is 9.59 Å². The van der Waals surface area contributed by atoms with E-state index in [4.69, 9.17) is 4.74 Å². The van der Waals surface area contributed by atoms with Crippen LogP contribution in [0.2, 0.25) is 0 Å². The number of nitrogens with zero attached hydrogens (tertiary/aromatic N) is 1. The first-order chi connectivity index (χ1) is 13.2. The van der Waals surface area contributed by atoms with Crippen molar-refractivity contribution in [1.29, 1.82) is 0 Å². The van der Waals surface area contributed by atoms with Gasteiger partial charge in [-0.3, -0.25) is 9.69 Å². The Labute approximate surface area is 158 Å². The Kier molecular flexibility index (Phi) is 5.16. The van der Waals surface area contributed by atoms with E-state index >= 15 is 0 Å². The summed E-state index contributed by atoms with van der Waals surface area (Å²) in [5.41, 5.74) is 0.464. The van der Waals surface area contributed by atoms with Gasteiger partial charge in [-0.2, -0.15) is 0 Å². The molecule has 4 rings (SSSR count). The molecule has 0 N–H and O–H groups in total. The fourth-order valence-electron chi connectivity index (χ4n) is 3.74. The summed E-state index contributed by atoms with van der Waals surface area (Å²) in [6, 6.07) is 16.5. The molecular formula is C23H23NO3. The van der Waals surface area contributed by atoms with Gasteiger partial charge in [0.15, 0.2) is 5.43 Å². The van der Waals surface area contributed by atoms with E-state index in [1.165, 1.54) is 19.3 Å². The topological polar surface area (TPSA) is 46.6 Å². The molecule has 1 aliphatic rings. The zero-order valence-electron chi connectivity index (χ0n) is 15.3. The number of likely N-dealkylation sites (tertiary alicyclic amines) is 1. The SMILES string of the molecule is O=C(OCCN1CCCCC1)c1ccc2c(=O)c3ccccc3ccc2c1. The van der Waals surface area contributed by atoms with Crippen LogP contribution in [0.4, 0.5) is 0 Å². The Morgan fingerprint density at radius 2 is 1.63 bits per heavy atom. The van der Waals surface area contributed by atoms with E-state index < -0.39 is 0 Å². The molecule has 3 aromatic carbocycles. The van der Waals surface area contributed by atoms with Gasteiger partial charge in [0.25, 0.3) is 0 Å². The van der Waals surface area contributed by atoms with Gasteiger partial charge in [-0.15, -0.1) is 0 Å². The summed E-state index contributed by atoms with van der Waals surface area (Å²) in [7, 11) is 0. The summed E-state index contributed by atoms with van der Waals surface area (Å²) >= 11 is 0. The average Bonchev–Trinajstić information content (AvgIpc) is 2.85. The van der Waals surface area contributed by atoms with Crippen molar-refractivity contribution in [2.24, 2.45) is 0 Å². The van der Waals surface area contributed by atoms with Gasteiger partial charge in [0, 0.05) is 17.3 Å². The predicted octanol–water partition coefficient (Wildman–Crippen LogP) is 4.00. The maximum absolute atomic E-state index is 12.8. The standard InChI is InChI=1S/C23H23NO3/c25-22-20-7-3-2-6-17(20)8-9-18-16-19(10-11-21(18)22)23(26)27-15-14-24-12-4-1-5-13-24/h2-3,6-11,16H,1,4-5,12-15H2. The number of fused-ring (bicyclic) bond motifs is 2. The number of carbonyl (C=O) groups is 1. The third-order valence-corrected chi connectivity index (χ3v) is 5.27. The van der Waals surface area contributed by atoms with Crippen LogP contribution in [-0.4, -0.2) is 37.1 Å². The Morgan fingerprint density at radius 1 is 0.889 bits per heavy atom. The van der Waals surface area contributed by atoms with Gasteiger partial charge in [-0.25, -0.2) is 4.79 Å². The second-order valence-electron chi connectivity index (χ2n) is 7.09. The molecule has 4 nitrogen and oxygen atoms in total. The van der Waals surface area contributed by atoms with Gasteiger partial charge >= 0.3 is 5.97 Å². The summed E-state index contributed by atoms with van der Waals surface area (Å²) in [5, 5.41) is 2.94. The van der Waals surface area contributed by atoms with Crippen molar-refractivity contribution in [3.8, 4) is 0 Å². The molecule has 1 fully saturated rings. The van der Waals surface area contributed by atoms with E-state index in [2.05, 4.69) is 4.90 Å². The summed E-state index contributed by atoms with van der Waals surface area (Å²) in [6.45, 7) is 3.36. The molecule has 0 aromatic heterocycles. The van der Waals surface area contributed by atoms with Crippen molar-refractivity contribution in [2.45, 2.75) is 19.3 Å². The quantitative estimate of drug-likeness (QED) is 0.659. The maximum atomic E-state index is 12.8. The van der Waals surface area contributed by atoms with Gasteiger partial charge in [0.2, 0.25) is 0 Å². The van der Waals surface area contributed by atoms with E-state index in [1.807, 2.05) is 36.4 Å². The molecule has 0 saturated carbocycles. The van der Waals surface area contributed by atoms with Gasteiger partial charge in [0.1, 0.15) is 6.61 Å². The first-order valence-corrected chi connectivity index (χ1v) is 9.58. The van der Waals surface area contributed by atoms with Crippen molar-refractivity contribution in [3.63, 3.8) is 0 Å². The summed E-state index contributed by atoms with van der Waals surface area (Å²) in [5.74, 6) is -0.336. The van der Waals surface area contributed by atoms with E-state index in [0.29, 0.717) is 22.9 Å². The van der Waals surface area contributed by atoms with Crippen molar-refractivity contribution in [3.05, 3.63) is 70.4 Å². The van der Waals surface area contributed by atoms with Crippen LogP contribution in [0.25, 0.3) is 21.5 Å². The van der Waals surface area contributed by atoms with E-state index in [-0.39, 0.29) is 11.4 Å². The Morgan fingerprint density at radius 3 is 2.48 bits per heavy atom. The van der Waals surface area contributed by atoms with Gasteiger partial charge in [-0.05, 0) is 54.9 Å². The Bertz CT molecular complexity index is 1040. The monoisotopic (exact) mass is 361 g/mol. The first kappa shape index (κ1) is 17.7. The molecule has 0 radical (unpaired) electrons. The van der Waals surface area contributed by atoms with Crippen LogP contribution >= 0.6 is 0 Å². The van der Waals surface area contributed by atoms with Gasteiger partial charge in [0.05, 0.1) is 5.56 Å². The molecule has 0 spiro atoms. The van der Waals surface area contributed by atoms with Crippen LogP contribution in [0.1, 0.15) is 29.6 Å². The van der Waals surface area contributed by atoms with E-state index in [1.54, 1.807) is 18.2 Å². The van der Waals surface area contributed by atoms with Crippen molar-refractivity contribution < 1.29 is 9.53 Å². The molecule has 138 valence electrons. The highest BCUT2D eigenvalue weighted by Crippen LogP contribution is 2.17. The molecule has 1 heterocycles. The fraction of sp³-hybridized carbons (Fsp3) is 0.304. The minimum absolute atomic E-state index is 0.0179. The van der Waals surface area contributed by atoms with Crippen LogP contribution in [-0.2, 0) is 4.74 Å². The number of hydrogen-bond donors (Lipinski definition) is 0. The van der Waals surface area contributed by atoms with Crippen LogP contribution in [0, 0.1) is 0 Å². The molecule has 1 aliphatic heterocycles. The number of benzene rings is 2. The lowest BCUT2D eigenvalue weighted by Crippen LogP contribution is -2.33. The molecule has 0 unspecified atom stereocenters. The van der Waals surface area contributed by atoms with Crippen LogP contribution in [0.3, 0.4) is 0 Å². The molecule has 0 atom stereocenters. The van der Waals surface area contributed by atoms with E-state index in [0.717, 1.165) is 30.4 Å². The highest BCUT2D eigenvalue weighted by Gasteiger charge is 2.13. The molecule has 3 aromatic rings. The second kappa shape index (κ2) is 7.89. The lowest BCUT2D eigenvalue weighted by molar-refractivity contribution is 0.0452. The summed E-state index contributed by atoms with van der Waals surface area (Å²) in [4.78, 5) is 27.5. The van der Waals surface area contributed by atoms with Crippen LogP contribution in [0.5, 0.6) is 0 Å². The van der Waals surface area contributed by atoms with Crippen LogP contribution < -0.4 is 5.43 Å². The first-order valence-electron chi connectivity index (χ1n) is 9.58. The number of ether oxygens (including phenoxy) is 1. The fourth-order valence-corrected chi connectivity index (χ4v) is 3.74. The molecule has 0 aliphatic carbocycles. The molecular weight excluding hydrogens is 338 g/mol. The molecule has 4 heteroatoms. The number of esters is 1. The maximum Gasteiger partial charge on any atom is 0.338 e. The van der Waals surface area contributed by atoms with Crippen molar-refractivity contribution in [1.82, 2.24) is 4.90 Å². The molecule has 27 heavy (non-hydrogen) atoms. The molecule has 0 bridgehead atoms. The highest BCUT2D eigenvalue weighted by atomic mass is 16.5. The third kappa shape index (κ3) is 3.86. The highest BCUT2D eigenvalue weighted by molar-refractivity contribution is 5.98. The Hall–Kier alpha value is -2.72. The number of hydrogen-bond acceptors (Lipinski definition) is 4. The number of rotatable bonds is 4.